The van der Waals surface area contributed by atoms with Gasteiger partial charge >= 0.3 is 0 Å². The summed E-state index contributed by atoms with van der Waals surface area (Å²) < 4.78 is 0. The van der Waals surface area contributed by atoms with Gasteiger partial charge in [-0.15, -0.1) is 11.6 Å². The maximum atomic E-state index is 6.21. The number of rotatable bonds is 2. The average Bonchev–Trinajstić information content (AvgIpc) is 2.19. The second kappa shape index (κ2) is 5.37. The van der Waals surface area contributed by atoms with Gasteiger partial charge in [0, 0.05) is 11.9 Å². The van der Waals surface area contributed by atoms with E-state index < -0.39 is 0 Å². The molecule has 14 heavy (non-hydrogen) atoms. The van der Waals surface area contributed by atoms with Crippen molar-refractivity contribution in [2.45, 2.75) is 50.3 Å². The lowest BCUT2D eigenvalue weighted by molar-refractivity contribution is 0.175. The summed E-state index contributed by atoms with van der Waals surface area (Å²) in [6, 6.07) is 0. The summed E-state index contributed by atoms with van der Waals surface area (Å²) in [6.45, 7) is 4.00. The quantitative estimate of drug-likeness (QED) is 0.640. The smallest absolute Gasteiger partial charge is 0.0339 e. The lowest BCUT2D eigenvalue weighted by Crippen LogP contribution is -2.35. The van der Waals surface area contributed by atoms with Crippen LogP contribution in [-0.2, 0) is 0 Å². The van der Waals surface area contributed by atoms with Crippen LogP contribution in [0.2, 0.25) is 0 Å². The van der Waals surface area contributed by atoms with Crippen molar-refractivity contribution in [1.29, 1.82) is 0 Å². The molecule has 0 spiro atoms. The second-order valence-corrected chi connectivity index (χ2v) is 5.61. The van der Waals surface area contributed by atoms with Crippen LogP contribution in [0.4, 0.5) is 0 Å². The first-order valence-corrected chi connectivity index (χ1v) is 6.64. The van der Waals surface area contributed by atoms with Crippen molar-refractivity contribution in [3.05, 3.63) is 0 Å². The number of likely N-dealkylation sites (tertiary alicyclic amines) is 1. The summed E-state index contributed by atoms with van der Waals surface area (Å²) in [6.07, 6.45) is 9.55. The average molecular weight is 216 g/mol. The Hall–Kier alpha value is 0.250. The summed E-state index contributed by atoms with van der Waals surface area (Å²) in [5, 5.41) is 0.471. The van der Waals surface area contributed by atoms with Gasteiger partial charge in [-0.1, -0.05) is 12.8 Å². The Morgan fingerprint density at radius 1 is 1.00 bits per heavy atom. The van der Waals surface area contributed by atoms with E-state index in [4.69, 9.17) is 11.6 Å². The third-order valence-corrected chi connectivity index (χ3v) is 4.08. The normalized spacial score (nSPS) is 35.8. The lowest BCUT2D eigenvalue weighted by Gasteiger charge is -2.33. The van der Waals surface area contributed by atoms with Crippen LogP contribution in [0.1, 0.15) is 44.9 Å². The molecule has 1 saturated carbocycles. The van der Waals surface area contributed by atoms with Gasteiger partial charge in [-0.05, 0) is 51.1 Å². The van der Waals surface area contributed by atoms with E-state index in [1.807, 2.05) is 0 Å². The van der Waals surface area contributed by atoms with Crippen molar-refractivity contribution >= 4 is 11.6 Å². The van der Waals surface area contributed by atoms with Gasteiger partial charge in [0.05, 0.1) is 0 Å². The number of hydrogen-bond acceptors (Lipinski definition) is 1. The van der Waals surface area contributed by atoms with E-state index in [1.165, 1.54) is 64.6 Å². The molecule has 2 fully saturated rings. The molecule has 0 aromatic carbocycles. The molecule has 0 radical (unpaired) electrons. The zero-order valence-electron chi connectivity index (χ0n) is 9.05. The van der Waals surface area contributed by atoms with E-state index in [-0.39, 0.29) is 0 Å². The molecule has 1 aliphatic heterocycles. The van der Waals surface area contributed by atoms with Crippen LogP contribution in [-0.4, -0.2) is 29.9 Å². The molecule has 0 aromatic rings. The number of nitrogens with zero attached hydrogens (tertiary/aromatic N) is 1. The largest absolute Gasteiger partial charge is 0.303 e. The highest BCUT2D eigenvalue weighted by atomic mass is 35.5. The van der Waals surface area contributed by atoms with Gasteiger partial charge in [-0.3, -0.25) is 0 Å². The van der Waals surface area contributed by atoms with E-state index in [9.17, 15) is 0 Å². The van der Waals surface area contributed by atoms with Gasteiger partial charge in [0.25, 0.3) is 0 Å². The van der Waals surface area contributed by atoms with Gasteiger partial charge < -0.3 is 4.90 Å². The zero-order valence-corrected chi connectivity index (χ0v) is 9.81. The highest BCUT2D eigenvalue weighted by molar-refractivity contribution is 6.20. The molecule has 2 atom stereocenters. The predicted octanol–water partition coefficient (Wildman–Crippen LogP) is 3.27. The number of hydrogen-bond donors (Lipinski definition) is 0. The number of piperidine rings is 1. The van der Waals surface area contributed by atoms with Gasteiger partial charge in [0.15, 0.2) is 0 Å². The molecular weight excluding hydrogens is 194 g/mol. The van der Waals surface area contributed by atoms with Crippen LogP contribution in [0.15, 0.2) is 0 Å². The SMILES string of the molecule is ClC1CCCC(CN2CCCCC2)C1. The molecule has 2 aliphatic rings. The number of alkyl halides is 1. The van der Waals surface area contributed by atoms with Crippen LogP contribution in [0.5, 0.6) is 0 Å². The fourth-order valence-electron chi connectivity index (χ4n) is 2.90. The number of halogens is 1. The molecule has 0 bridgehead atoms. The van der Waals surface area contributed by atoms with Crippen molar-refractivity contribution in [1.82, 2.24) is 4.90 Å². The Morgan fingerprint density at radius 2 is 1.79 bits per heavy atom. The van der Waals surface area contributed by atoms with Gasteiger partial charge in [0.1, 0.15) is 0 Å². The molecular formula is C12H22ClN. The zero-order chi connectivity index (χ0) is 9.80. The first-order chi connectivity index (χ1) is 6.84. The van der Waals surface area contributed by atoms with Crippen molar-refractivity contribution in [3.63, 3.8) is 0 Å². The summed E-state index contributed by atoms with van der Waals surface area (Å²) in [7, 11) is 0. The first-order valence-electron chi connectivity index (χ1n) is 6.21. The molecule has 2 rings (SSSR count). The van der Waals surface area contributed by atoms with E-state index >= 15 is 0 Å². The Kier molecular flexibility index (Phi) is 4.12. The van der Waals surface area contributed by atoms with Crippen LogP contribution < -0.4 is 0 Å². The standard InChI is InChI=1S/C12H22ClN/c13-12-6-4-5-11(9-12)10-14-7-2-1-3-8-14/h11-12H,1-10H2. The first kappa shape index (κ1) is 10.8. The molecule has 2 heteroatoms. The molecule has 2 unspecified atom stereocenters. The summed E-state index contributed by atoms with van der Waals surface area (Å²) in [4.78, 5) is 2.66. The van der Waals surface area contributed by atoms with Crippen LogP contribution in [0.3, 0.4) is 0 Å². The maximum absolute atomic E-state index is 6.21. The Labute approximate surface area is 92.8 Å². The van der Waals surface area contributed by atoms with Gasteiger partial charge in [0.2, 0.25) is 0 Å². The molecule has 0 aromatic heterocycles. The van der Waals surface area contributed by atoms with E-state index in [2.05, 4.69) is 4.90 Å². The minimum atomic E-state index is 0.471. The highest BCUT2D eigenvalue weighted by Gasteiger charge is 2.22. The van der Waals surface area contributed by atoms with E-state index in [1.54, 1.807) is 0 Å². The van der Waals surface area contributed by atoms with Gasteiger partial charge in [-0.25, -0.2) is 0 Å². The Morgan fingerprint density at radius 3 is 2.50 bits per heavy atom. The van der Waals surface area contributed by atoms with Crippen molar-refractivity contribution in [2.24, 2.45) is 5.92 Å². The Balaban J connectivity index is 1.72. The summed E-state index contributed by atoms with van der Waals surface area (Å²) in [5.74, 6) is 0.893. The molecule has 0 amide bonds. The van der Waals surface area contributed by atoms with Gasteiger partial charge in [-0.2, -0.15) is 0 Å². The minimum Gasteiger partial charge on any atom is -0.303 e. The van der Waals surface area contributed by atoms with Crippen molar-refractivity contribution < 1.29 is 0 Å². The van der Waals surface area contributed by atoms with E-state index in [0.29, 0.717) is 5.38 Å². The second-order valence-electron chi connectivity index (χ2n) is 4.99. The maximum Gasteiger partial charge on any atom is 0.0339 e. The molecule has 1 nitrogen and oxygen atoms in total. The fourth-order valence-corrected chi connectivity index (χ4v) is 3.30. The molecule has 1 heterocycles. The van der Waals surface area contributed by atoms with Crippen LogP contribution in [0, 0.1) is 5.92 Å². The Bertz CT molecular complexity index is 166. The van der Waals surface area contributed by atoms with Crippen molar-refractivity contribution in [2.75, 3.05) is 19.6 Å². The summed E-state index contributed by atoms with van der Waals surface area (Å²) >= 11 is 6.21. The van der Waals surface area contributed by atoms with E-state index in [0.717, 1.165) is 5.92 Å². The third-order valence-electron chi connectivity index (χ3n) is 3.68. The highest BCUT2D eigenvalue weighted by Crippen LogP contribution is 2.28. The predicted molar refractivity (Wildman–Crippen MR) is 61.9 cm³/mol. The monoisotopic (exact) mass is 215 g/mol. The topological polar surface area (TPSA) is 3.24 Å². The van der Waals surface area contributed by atoms with Crippen LogP contribution in [0.25, 0.3) is 0 Å². The molecule has 0 N–H and O–H groups in total. The van der Waals surface area contributed by atoms with Crippen LogP contribution >= 0.6 is 11.6 Å². The fraction of sp³-hybridized carbons (Fsp3) is 1.00. The van der Waals surface area contributed by atoms with Crippen molar-refractivity contribution in [3.8, 4) is 0 Å². The molecule has 1 aliphatic carbocycles. The molecule has 82 valence electrons. The molecule has 1 saturated heterocycles. The summed E-state index contributed by atoms with van der Waals surface area (Å²) in [5.41, 5.74) is 0. The third kappa shape index (κ3) is 3.13. The lowest BCUT2D eigenvalue weighted by atomic mass is 9.88. The minimum absolute atomic E-state index is 0.471.